The van der Waals surface area contributed by atoms with Crippen molar-refractivity contribution in [2.75, 3.05) is 5.73 Å². The Hall–Kier alpha value is -1.33. The topological polar surface area (TPSA) is 43.8 Å². The molecule has 0 radical (unpaired) electrons. The van der Waals surface area contributed by atoms with Crippen LogP contribution in [0, 0.1) is 6.92 Å². The molecular formula is C14H11Br2N3. The second-order valence-electron chi connectivity index (χ2n) is 4.39. The maximum absolute atomic E-state index is 6.06. The average molecular weight is 381 g/mol. The summed E-state index contributed by atoms with van der Waals surface area (Å²) < 4.78 is 3.95. The lowest BCUT2D eigenvalue weighted by Crippen LogP contribution is -2.01. The van der Waals surface area contributed by atoms with Crippen LogP contribution in [0.15, 0.2) is 45.3 Å². The van der Waals surface area contributed by atoms with Crippen LogP contribution in [0.2, 0.25) is 0 Å². The smallest absolute Gasteiger partial charge is 0.205 e. The number of aryl methyl sites for hydroxylation is 1. The predicted octanol–water partition coefficient (Wildman–Crippen LogP) is 4.44. The highest BCUT2D eigenvalue weighted by Gasteiger charge is 2.12. The first-order chi connectivity index (χ1) is 9.06. The van der Waals surface area contributed by atoms with Gasteiger partial charge >= 0.3 is 0 Å². The van der Waals surface area contributed by atoms with E-state index in [0.29, 0.717) is 5.95 Å². The van der Waals surface area contributed by atoms with Crippen molar-refractivity contribution in [3.05, 3.63) is 50.9 Å². The summed E-state index contributed by atoms with van der Waals surface area (Å²) in [5.41, 5.74) is 10.1. The fraction of sp³-hybridized carbons (Fsp3) is 0.0714. The molecule has 0 atom stereocenters. The van der Waals surface area contributed by atoms with E-state index in [4.69, 9.17) is 5.73 Å². The molecule has 96 valence electrons. The van der Waals surface area contributed by atoms with Crippen molar-refractivity contribution >= 4 is 48.8 Å². The standard InChI is InChI=1S/C14H11Br2N3/c1-8-2-5-12(10(16)6-8)19-13-7-9(15)3-4-11(13)18-14(19)17/h2-7H,1H3,(H2,17,18). The van der Waals surface area contributed by atoms with E-state index in [9.17, 15) is 0 Å². The molecule has 2 aromatic carbocycles. The number of hydrogen-bond acceptors (Lipinski definition) is 2. The summed E-state index contributed by atoms with van der Waals surface area (Å²) in [6, 6.07) is 12.1. The largest absolute Gasteiger partial charge is 0.369 e. The van der Waals surface area contributed by atoms with Gasteiger partial charge < -0.3 is 5.73 Å². The Morgan fingerprint density at radius 3 is 2.63 bits per heavy atom. The number of nitrogens with two attached hydrogens (primary N) is 1. The predicted molar refractivity (Wildman–Crippen MR) is 85.6 cm³/mol. The molecule has 0 fully saturated rings. The zero-order valence-corrected chi connectivity index (χ0v) is 13.4. The molecule has 0 aliphatic heterocycles. The molecule has 0 saturated carbocycles. The van der Waals surface area contributed by atoms with Crippen LogP contribution in [0.1, 0.15) is 5.56 Å². The fourth-order valence-corrected chi connectivity index (χ4v) is 3.13. The molecule has 19 heavy (non-hydrogen) atoms. The summed E-state index contributed by atoms with van der Waals surface area (Å²) in [6.45, 7) is 2.06. The number of hydrogen-bond donors (Lipinski definition) is 1. The SMILES string of the molecule is Cc1ccc(-n2c(N)nc3ccc(Br)cc32)c(Br)c1. The van der Waals surface area contributed by atoms with E-state index in [2.05, 4.69) is 55.9 Å². The molecule has 3 nitrogen and oxygen atoms in total. The second-order valence-corrected chi connectivity index (χ2v) is 6.16. The van der Waals surface area contributed by atoms with Gasteiger partial charge in [0.05, 0.1) is 16.7 Å². The van der Waals surface area contributed by atoms with Crippen molar-refractivity contribution in [1.82, 2.24) is 9.55 Å². The zero-order chi connectivity index (χ0) is 13.6. The Morgan fingerprint density at radius 2 is 1.89 bits per heavy atom. The maximum Gasteiger partial charge on any atom is 0.205 e. The third kappa shape index (κ3) is 2.17. The normalized spacial score (nSPS) is 11.1. The minimum Gasteiger partial charge on any atom is -0.369 e. The number of aromatic nitrogens is 2. The first kappa shape index (κ1) is 12.7. The van der Waals surface area contributed by atoms with Crippen molar-refractivity contribution in [2.24, 2.45) is 0 Å². The highest BCUT2D eigenvalue weighted by atomic mass is 79.9. The number of fused-ring (bicyclic) bond motifs is 1. The van der Waals surface area contributed by atoms with Crippen LogP contribution in [0.4, 0.5) is 5.95 Å². The van der Waals surface area contributed by atoms with Crippen LogP contribution in [0.3, 0.4) is 0 Å². The van der Waals surface area contributed by atoms with Gasteiger partial charge in [-0.3, -0.25) is 4.57 Å². The molecule has 0 saturated heterocycles. The average Bonchev–Trinajstić information content (AvgIpc) is 2.65. The van der Waals surface area contributed by atoms with Crippen molar-refractivity contribution in [3.63, 3.8) is 0 Å². The van der Waals surface area contributed by atoms with Crippen molar-refractivity contribution < 1.29 is 0 Å². The van der Waals surface area contributed by atoms with Gasteiger partial charge in [-0.1, -0.05) is 22.0 Å². The molecular weight excluding hydrogens is 370 g/mol. The molecule has 0 spiro atoms. The number of nitrogen functional groups attached to an aromatic ring is 1. The van der Waals surface area contributed by atoms with Gasteiger partial charge in [-0.05, 0) is 58.7 Å². The van der Waals surface area contributed by atoms with Gasteiger partial charge in [-0.2, -0.15) is 0 Å². The molecule has 1 aromatic heterocycles. The zero-order valence-electron chi connectivity index (χ0n) is 10.2. The highest BCUT2D eigenvalue weighted by Crippen LogP contribution is 2.30. The molecule has 0 aliphatic rings. The van der Waals surface area contributed by atoms with Gasteiger partial charge in [0.25, 0.3) is 0 Å². The van der Waals surface area contributed by atoms with Crippen molar-refractivity contribution in [3.8, 4) is 5.69 Å². The number of halogens is 2. The lowest BCUT2D eigenvalue weighted by atomic mass is 10.2. The fourth-order valence-electron chi connectivity index (χ4n) is 2.11. The van der Waals surface area contributed by atoms with Gasteiger partial charge in [0.1, 0.15) is 0 Å². The second kappa shape index (κ2) is 4.65. The number of imidazole rings is 1. The van der Waals surface area contributed by atoms with Gasteiger partial charge in [-0.25, -0.2) is 4.98 Å². The summed E-state index contributed by atoms with van der Waals surface area (Å²) in [5, 5.41) is 0. The molecule has 0 amide bonds. The van der Waals surface area contributed by atoms with Gasteiger partial charge in [-0.15, -0.1) is 0 Å². The summed E-state index contributed by atoms with van der Waals surface area (Å²) in [5.74, 6) is 0.484. The molecule has 0 unspecified atom stereocenters. The highest BCUT2D eigenvalue weighted by molar-refractivity contribution is 9.10. The number of benzene rings is 2. The quantitative estimate of drug-likeness (QED) is 0.678. The maximum atomic E-state index is 6.06. The molecule has 0 bridgehead atoms. The summed E-state index contributed by atoms with van der Waals surface area (Å²) in [4.78, 5) is 4.39. The van der Waals surface area contributed by atoms with Crippen LogP contribution < -0.4 is 5.73 Å². The summed E-state index contributed by atoms with van der Waals surface area (Å²) in [6.07, 6.45) is 0. The van der Waals surface area contributed by atoms with Gasteiger partial charge in [0, 0.05) is 8.95 Å². The molecule has 0 aliphatic carbocycles. The van der Waals surface area contributed by atoms with E-state index in [1.807, 2.05) is 28.8 Å². The van der Waals surface area contributed by atoms with Gasteiger partial charge in [0.2, 0.25) is 5.95 Å². The molecule has 1 heterocycles. The van der Waals surface area contributed by atoms with Gasteiger partial charge in [0.15, 0.2) is 0 Å². The minimum absolute atomic E-state index is 0.484. The summed E-state index contributed by atoms with van der Waals surface area (Å²) in [7, 11) is 0. The van der Waals surface area contributed by atoms with Crippen molar-refractivity contribution in [1.29, 1.82) is 0 Å². The van der Waals surface area contributed by atoms with Crippen LogP contribution >= 0.6 is 31.9 Å². The van der Waals surface area contributed by atoms with Crippen LogP contribution in [0.5, 0.6) is 0 Å². The van der Waals surface area contributed by atoms with E-state index >= 15 is 0 Å². The summed E-state index contributed by atoms with van der Waals surface area (Å²) >= 11 is 7.08. The molecule has 5 heteroatoms. The first-order valence-corrected chi connectivity index (χ1v) is 7.35. The third-order valence-electron chi connectivity index (χ3n) is 2.99. The minimum atomic E-state index is 0.484. The van der Waals surface area contributed by atoms with E-state index in [1.165, 1.54) is 5.56 Å². The number of nitrogens with zero attached hydrogens (tertiary/aromatic N) is 2. The van der Waals surface area contributed by atoms with Crippen LogP contribution in [-0.4, -0.2) is 9.55 Å². The van der Waals surface area contributed by atoms with E-state index in [-0.39, 0.29) is 0 Å². The van der Waals surface area contributed by atoms with E-state index in [0.717, 1.165) is 25.7 Å². The van der Waals surface area contributed by atoms with E-state index in [1.54, 1.807) is 0 Å². The number of anilines is 1. The Labute approximate surface area is 127 Å². The Balaban J connectivity index is 2.35. The Morgan fingerprint density at radius 1 is 1.11 bits per heavy atom. The molecule has 2 N–H and O–H groups in total. The van der Waals surface area contributed by atoms with Crippen LogP contribution in [0.25, 0.3) is 16.7 Å². The Bertz CT molecular complexity index is 778. The third-order valence-corrected chi connectivity index (χ3v) is 4.11. The first-order valence-electron chi connectivity index (χ1n) is 5.76. The van der Waals surface area contributed by atoms with E-state index < -0.39 is 0 Å². The molecule has 3 aromatic rings. The monoisotopic (exact) mass is 379 g/mol. The number of rotatable bonds is 1. The Kier molecular flexibility index (Phi) is 3.11. The van der Waals surface area contributed by atoms with Crippen molar-refractivity contribution in [2.45, 2.75) is 6.92 Å². The lowest BCUT2D eigenvalue weighted by molar-refractivity contribution is 1.10. The van der Waals surface area contributed by atoms with Crippen LogP contribution in [-0.2, 0) is 0 Å². The molecule has 3 rings (SSSR count). The lowest BCUT2D eigenvalue weighted by Gasteiger charge is -2.09.